The molecular formula is C19H22ClN3O2. The Balaban J connectivity index is 1.50. The molecule has 1 heterocycles. The molecule has 2 N–H and O–H groups in total. The summed E-state index contributed by atoms with van der Waals surface area (Å²) in [5, 5.41) is 13.0. The van der Waals surface area contributed by atoms with Gasteiger partial charge in [0.15, 0.2) is 0 Å². The highest BCUT2D eigenvalue weighted by atomic mass is 35.5. The van der Waals surface area contributed by atoms with E-state index in [1.54, 1.807) is 18.2 Å². The van der Waals surface area contributed by atoms with Gasteiger partial charge in [0.1, 0.15) is 5.75 Å². The maximum atomic E-state index is 12.3. The minimum atomic E-state index is -0.0106. The summed E-state index contributed by atoms with van der Waals surface area (Å²) in [6, 6.07) is 12.7. The zero-order chi connectivity index (χ0) is 17.8. The fraction of sp³-hybridized carbons (Fsp3) is 0.316. The summed E-state index contributed by atoms with van der Waals surface area (Å²) in [5.74, 6) is 0.264. The topological polar surface area (TPSA) is 55.8 Å². The van der Waals surface area contributed by atoms with E-state index in [0.717, 1.165) is 43.1 Å². The fourth-order valence-electron chi connectivity index (χ4n) is 2.99. The van der Waals surface area contributed by atoms with Crippen LogP contribution in [0.25, 0.3) is 0 Å². The van der Waals surface area contributed by atoms with Crippen molar-refractivity contribution >= 4 is 28.9 Å². The summed E-state index contributed by atoms with van der Waals surface area (Å²) in [7, 11) is 0. The van der Waals surface area contributed by atoms with Crippen LogP contribution in [0.1, 0.15) is 5.56 Å². The highest BCUT2D eigenvalue weighted by Crippen LogP contribution is 2.21. The molecule has 1 aliphatic heterocycles. The van der Waals surface area contributed by atoms with Crippen LogP contribution in [0.3, 0.4) is 0 Å². The van der Waals surface area contributed by atoms with Crippen molar-refractivity contribution in [2.45, 2.75) is 6.92 Å². The van der Waals surface area contributed by atoms with Gasteiger partial charge in [-0.1, -0.05) is 11.6 Å². The minimum absolute atomic E-state index is 0.0106. The van der Waals surface area contributed by atoms with E-state index < -0.39 is 0 Å². The molecule has 25 heavy (non-hydrogen) atoms. The monoisotopic (exact) mass is 359 g/mol. The molecule has 0 bridgehead atoms. The molecule has 1 amide bonds. The maximum absolute atomic E-state index is 12.3. The summed E-state index contributed by atoms with van der Waals surface area (Å²) in [4.78, 5) is 16.7. The van der Waals surface area contributed by atoms with Gasteiger partial charge in [-0.15, -0.1) is 0 Å². The zero-order valence-corrected chi connectivity index (χ0v) is 15.0. The Morgan fingerprint density at radius 3 is 2.44 bits per heavy atom. The second kappa shape index (κ2) is 7.76. The zero-order valence-electron chi connectivity index (χ0n) is 14.2. The number of carbonyl (C=O) groups is 1. The maximum Gasteiger partial charge on any atom is 0.238 e. The average molecular weight is 360 g/mol. The molecule has 0 spiro atoms. The van der Waals surface area contributed by atoms with Gasteiger partial charge in [0.25, 0.3) is 0 Å². The number of hydrogen-bond acceptors (Lipinski definition) is 4. The molecule has 0 atom stereocenters. The summed E-state index contributed by atoms with van der Waals surface area (Å²) < 4.78 is 0. The second-order valence-electron chi connectivity index (χ2n) is 6.29. The SMILES string of the molecule is Cc1cc(Cl)ccc1NC(=O)CN1CCN(c2ccc(O)cc2)CC1. The predicted molar refractivity (Wildman–Crippen MR) is 102 cm³/mol. The van der Waals surface area contributed by atoms with Gasteiger partial charge in [-0.05, 0) is 55.0 Å². The molecule has 5 nitrogen and oxygen atoms in total. The molecule has 1 aliphatic rings. The Bertz CT molecular complexity index is 741. The average Bonchev–Trinajstić information content (AvgIpc) is 2.59. The van der Waals surface area contributed by atoms with E-state index in [-0.39, 0.29) is 11.7 Å². The van der Waals surface area contributed by atoms with Gasteiger partial charge in [-0.25, -0.2) is 0 Å². The van der Waals surface area contributed by atoms with Crippen molar-refractivity contribution in [3.63, 3.8) is 0 Å². The van der Waals surface area contributed by atoms with Gasteiger partial charge in [0, 0.05) is 42.6 Å². The van der Waals surface area contributed by atoms with Crippen molar-refractivity contribution in [3.05, 3.63) is 53.1 Å². The van der Waals surface area contributed by atoms with Crippen LogP contribution in [0.5, 0.6) is 5.75 Å². The van der Waals surface area contributed by atoms with Gasteiger partial charge < -0.3 is 15.3 Å². The lowest BCUT2D eigenvalue weighted by Crippen LogP contribution is -2.48. The van der Waals surface area contributed by atoms with Crippen LogP contribution in [0.4, 0.5) is 11.4 Å². The number of phenols is 1. The molecule has 1 fully saturated rings. The Labute approximate surface area is 152 Å². The van der Waals surface area contributed by atoms with Crippen LogP contribution in [0, 0.1) is 6.92 Å². The number of anilines is 2. The summed E-state index contributed by atoms with van der Waals surface area (Å²) in [6.45, 7) is 5.68. The standard InChI is InChI=1S/C19H22ClN3O2/c1-14-12-15(20)2-7-18(14)21-19(25)13-22-8-10-23(11-9-22)16-3-5-17(24)6-4-16/h2-7,12,24H,8-11,13H2,1H3,(H,21,25). The number of amides is 1. The molecule has 0 radical (unpaired) electrons. The molecule has 0 unspecified atom stereocenters. The number of benzene rings is 2. The first-order valence-electron chi connectivity index (χ1n) is 8.33. The van der Waals surface area contributed by atoms with Crippen molar-refractivity contribution in [2.24, 2.45) is 0 Å². The largest absolute Gasteiger partial charge is 0.508 e. The van der Waals surface area contributed by atoms with Crippen LogP contribution in [0.15, 0.2) is 42.5 Å². The van der Waals surface area contributed by atoms with Crippen molar-refractivity contribution in [1.82, 2.24) is 4.90 Å². The van der Waals surface area contributed by atoms with E-state index in [4.69, 9.17) is 11.6 Å². The molecule has 2 aromatic rings. The second-order valence-corrected chi connectivity index (χ2v) is 6.72. The van der Waals surface area contributed by atoms with Crippen LogP contribution in [-0.2, 0) is 4.79 Å². The molecule has 3 rings (SSSR count). The number of phenolic OH excluding ortho intramolecular Hbond substituents is 1. The van der Waals surface area contributed by atoms with Crippen LogP contribution in [0.2, 0.25) is 5.02 Å². The van der Waals surface area contributed by atoms with Gasteiger partial charge in [0.05, 0.1) is 6.54 Å². The number of carbonyl (C=O) groups excluding carboxylic acids is 1. The quantitative estimate of drug-likeness (QED) is 0.880. The fourth-order valence-corrected chi connectivity index (χ4v) is 3.21. The third-order valence-corrected chi connectivity index (χ3v) is 4.65. The number of aromatic hydroxyl groups is 1. The Hall–Kier alpha value is -2.24. The number of hydrogen-bond donors (Lipinski definition) is 2. The van der Waals surface area contributed by atoms with Crippen molar-refractivity contribution in [1.29, 1.82) is 0 Å². The Morgan fingerprint density at radius 1 is 1.12 bits per heavy atom. The molecule has 132 valence electrons. The highest BCUT2D eigenvalue weighted by Gasteiger charge is 2.19. The van der Waals surface area contributed by atoms with Gasteiger partial charge >= 0.3 is 0 Å². The van der Waals surface area contributed by atoms with E-state index in [9.17, 15) is 9.90 Å². The summed E-state index contributed by atoms with van der Waals surface area (Å²) in [5.41, 5.74) is 2.86. The predicted octanol–water partition coefficient (Wildman–Crippen LogP) is 3.11. The number of nitrogens with zero attached hydrogens (tertiary/aromatic N) is 2. The van der Waals surface area contributed by atoms with Crippen molar-refractivity contribution in [2.75, 3.05) is 42.9 Å². The minimum Gasteiger partial charge on any atom is -0.508 e. The lowest BCUT2D eigenvalue weighted by Gasteiger charge is -2.35. The third-order valence-electron chi connectivity index (χ3n) is 4.42. The summed E-state index contributed by atoms with van der Waals surface area (Å²) in [6.07, 6.45) is 0. The molecule has 0 saturated carbocycles. The first kappa shape index (κ1) is 17.6. The van der Waals surface area contributed by atoms with Crippen molar-refractivity contribution < 1.29 is 9.90 Å². The van der Waals surface area contributed by atoms with Crippen LogP contribution >= 0.6 is 11.6 Å². The number of halogens is 1. The first-order valence-corrected chi connectivity index (χ1v) is 8.71. The van der Waals surface area contributed by atoms with Crippen molar-refractivity contribution in [3.8, 4) is 5.75 Å². The van der Waals surface area contributed by atoms with E-state index >= 15 is 0 Å². The lowest BCUT2D eigenvalue weighted by atomic mass is 10.2. The smallest absolute Gasteiger partial charge is 0.238 e. The molecular weight excluding hydrogens is 338 g/mol. The van der Waals surface area contributed by atoms with Crippen LogP contribution < -0.4 is 10.2 Å². The first-order chi connectivity index (χ1) is 12.0. The van der Waals surface area contributed by atoms with Gasteiger partial charge in [0.2, 0.25) is 5.91 Å². The van der Waals surface area contributed by atoms with E-state index in [1.807, 2.05) is 31.2 Å². The Morgan fingerprint density at radius 2 is 1.80 bits per heavy atom. The molecule has 0 aliphatic carbocycles. The van der Waals surface area contributed by atoms with E-state index in [2.05, 4.69) is 15.1 Å². The molecule has 1 saturated heterocycles. The Kier molecular flexibility index (Phi) is 5.46. The number of rotatable bonds is 4. The van der Waals surface area contributed by atoms with Crippen LogP contribution in [-0.4, -0.2) is 48.6 Å². The highest BCUT2D eigenvalue weighted by molar-refractivity contribution is 6.30. The lowest BCUT2D eigenvalue weighted by molar-refractivity contribution is -0.117. The van der Waals surface area contributed by atoms with E-state index in [0.29, 0.717) is 11.6 Å². The number of aryl methyl sites for hydroxylation is 1. The molecule has 6 heteroatoms. The summed E-state index contributed by atoms with van der Waals surface area (Å²) >= 11 is 5.94. The van der Waals surface area contributed by atoms with E-state index in [1.165, 1.54) is 0 Å². The molecule has 2 aromatic carbocycles. The normalized spacial score (nSPS) is 15.2. The van der Waals surface area contributed by atoms with Gasteiger partial charge in [-0.3, -0.25) is 9.69 Å². The molecule has 0 aromatic heterocycles. The number of nitrogens with one attached hydrogen (secondary N) is 1. The van der Waals surface area contributed by atoms with Gasteiger partial charge in [-0.2, -0.15) is 0 Å². The number of piperazine rings is 1. The third kappa shape index (κ3) is 4.65.